The molecule has 1 saturated heterocycles. The number of rotatable bonds is 4. The van der Waals surface area contributed by atoms with Crippen LogP contribution in [0.25, 0.3) is 16.7 Å². The van der Waals surface area contributed by atoms with Crippen molar-refractivity contribution in [2.75, 3.05) is 13.1 Å². The van der Waals surface area contributed by atoms with E-state index < -0.39 is 5.60 Å². The van der Waals surface area contributed by atoms with Crippen LogP contribution in [0.2, 0.25) is 0 Å². The summed E-state index contributed by atoms with van der Waals surface area (Å²) in [5.41, 5.74) is 3.13. The van der Waals surface area contributed by atoms with Gasteiger partial charge in [0.25, 0.3) is 0 Å². The lowest BCUT2D eigenvalue weighted by Crippen LogP contribution is -2.34. The van der Waals surface area contributed by atoms with E-state index in [2.05, 4.69) is 36.2 Å². The quantitative estimate of drug-likeness (QED) is 0.438. The summed E-state index contributed by atoms with van der Waals surface area (Å²) in [5, 5.41) is 20.9. The zero-order chi connectivity index (χ0) is 23.0. The van der Waals surface area contributed by atoms with Crippen molar-refractivity contribution in [3.63, 3.8) is 0 Å². The van der Waals surface area contributed by atoms with E-state index in [1.165, 1.54) is 0 Å². The second-order valence-electron chi connectivity index (χ2n) is 8.64. The topological polar surface area (TPSA) is 99.9 Å². The monoisotopic (exact) mass is 508 g/mol. The second-order valence-corrected chi connectivity index (χ2v) is 9.55. The first-order valence-electron chi connectivity index (χ1n) is 11.0. The van der Waals surface area contributed by atoms with Crippen LogP contribution in [-0.2, 0) is 16.8 Å². The molecule has 1 unspecified atom stereocenters. The van der Waals surface area contributed by atoms with Gasteiger partial charge in [-0.25, -0.2) is 9.67 Å². The summed E-state index contributed by atoms with van der Waals surface area (Å²) in [6.07, 6.45) is 7.34. The summed E-state index contributed by atoms with van der Waals surface area (Å²) >= 11 is 3.48. The number of carbonyl (C=O) groups is 1. The average molecular weight is 509 g/mol. The maximum absolute atomic E-state index is 13.0. The molecular weight excluding hydrogens is 484 g/mol. The third-order valence-corrected chi connectivity index (χ3v) is 6.91. The van der Waals surface area contributed by atoms with E-state index in [4.69, 9.17) is 0 Å². The first-order chi connectivity index (χ1) is 15.9. The van der Waals surface area contributed by atoms with Gasteiger partial charge >= 0.3 is 0 Å². The molecule has 1 amide bonds. The van der Waals surface area contributed by atoms with Gasteiger partial charge in [-0.1, -0.05) is 21.1 Å². The number of pyridine rings is 1. The van der Waals surface area contributed by atoms with E-state index in [9.17, 15) is 9.90 Å². The summed E-state index contributed by atoms with van der Waals surface area (Å²) in [6, 6.07) is 9.79. The first-order valence-corrected chi connectivity index (χ1v) is 11.8. The van der Waals surface area contributed by atoms with Gasteiger partial charge in [-0.05, 0) is 67.6 Å². The van der Waals surface area contributed by atoms with E-state index in [1.54, 1.807) is 17.1 Å². The van der Waals surface area contributed by atoms with E-state index in [-0.39, 0.29) is 5.91 Å². The van der Waals surface area contributed by atoms with Crippen LogP contribution in [0, 0.1) is 6.92 Å². The van der Waals surface area contributed by atoms with Gasteiger partial charge in [0.2, 0.25) is 5.91 Å². The van der Waals surface area contributed by atoms with E-state index >= 15 is 0 Å². The van der Waals surface area contributed by atoms with E-state index in [0.717, 1.165) is 32.3 Å². The number of aromatic amines is 1. The highest BCUT2D eigenvalue weighted by Gasteiger charge is 2.36. The fraction of sp³-hybridized carbons (Fsp3) is 0.333. The van der Waals surface area contributed by atoms with Crippen LogP contribution >= 0.6 is 15.9 Å². The normalized spacial score (nSPS) is 19.1. The molecular formula is C24H25BrN6O2. The Morgan fingerprint density at radius 2 is 2.15 bits per heavy atom. The number of fused-ring (bicyclic) bond motifs is 1. The molecule has 0 saturated carbocycles. The molecule has 33 heavy (non-hydrogen) atoms. The molecule has 2 N–H and O–H groups in total. The number of likely N-dealkylation sites (tertiary alicyclic amines) is 1. The fourth-order valence-corrected chi connectivity index (χ4v) is 5.00. The molecule has 1 fully saturated rings. The Hall–Kier alpha value is -3.04. The molecule has 1 atom stereocenters. The molecule has 9 heteroatoms. The summed E-state index contributed by atoms with van der Waals surface area (Å²) < 4.78 is 2.70. The minimum Gasteiger partial charge on any atom is -0.383 e. The number of carbonyl (C=O) groups excluding carboxylic acids is 1. The summed E-state index contributed by atoms with van der Waals surface area (Å²) in [5.74, 6) is 0.0538. The number of aliphatic hydroxyl groups is 1. The highest BCUT2D eigenvalue weighted by Crippen LogP contribution is 2.32. The van der Waals surface area contributed by atoms with Gasteiger partial charge in [-0.3, -0.25) is 4.79 Å². The second kappa shape index (κ2) is 8.72. The van der Waals surface area contributed by atoms with Gasteiger partial charge in [-0.15, -0.1) is 5.10 Å². The summed E-state index contributed by atoms with van der Waals surface area (Å²) in [4.78, 5) is 22.3. The van der Waals surface area contributed by atoms with Crippen molar-refractivity contribution in [2.45, 2.75) is 38.2 Å². The minimum atomic E-state index is -1.11. The highest BCUT2D eigenvalue weighted by molar-refractivity contribution is 9.10. The summed E-state index contributed by atoms with van der Waals surface area (Å²) in [7, 11) is 0. The SMILES string of the molecule is Cc1cc(Br)ccc1-n1cc(C2(O)CCCN(C(=O)Cc3c[nH]c4ncccc34)CC2)nn1. The fourth-order valence-electron chi connectivity index (χ4n) is 4.53. The molecule has 1 aliphatic rings. The number of aryl methyl sites for hydroxylation is 1. The largest absolute Gasteiger partial charge is 0.383 e. The predicted octanol–water partition coefficient (Wildman–Crippen LogP) is 3.66. The Kier molecular flexibility index (Phi) is 5.76. The molecule has 1 aliphatic heterocycles. The molecule has 5 rings (SSSR count). The van der Waals surface area contributed by atoms with Crippen molar-refractivity contribution in [3.05, 3.63) is 70.2 Å². The Morgan fingerprint density at radius 1 is 1.27 bits per heavy atom. The maximum Gasteiger partial charge on any atom is 0.227 e. The van der Waals surface area contributed by atoms with Gasteiger partial charge in [0.05, 0.1) is 18.3 Å². The lowest BCUT2D eigenvalue weighted by Gasteiger charge is -2.24. The van der Waals surface area contributed by atoms with Crippen molar-refractivity contribution in [2.24, 2.45) is 0 Å². The highest BCUT2D eigenvalue weighted by atomic mass is 79.9. The molecule has 8 nitrogen and oxygen atoms in total. The van der Waals surface area contributed by atoms with Crippen LogP contribution in [0.4, 0.5) is 0 Å². The number of H-pyrrole nitrogens is 1. The number of aromatic nitrogens is 5. The Bertz CT molecular complexity index is 1320. The zero-order valence-electron chi connectivity index (χ0n) is 18.3. The molecule has 170 valence electrons. The Balaban J connectivity index is 1.29. The van der Waals surface area contributed by atoms with Crippen molar-refractivity contribution < 1.29 is 9.90 Å². The van der Waals surface area contributed by atoms with Crippen LogP contribution in [0.15, 0.2) is 53.4 Å². The third kappa shape index (κ3) is 4.30. The van der Waals surface area contributed by atoms with Gasteiger partial charge in [0.1, 0.15) is 16.9 Å². The van der Waals surface area contributed by atoms with E-state index in [0.29, 0.717) is 44.5 Å². The van der Waals surface area contributed by atoms with Crippen LogP contribution in [-0.4, -0.2) is 54.0 Å². The number of benzene rings is 1. The standard InChI is InChI=1S/C24H25BrN6O2/c1-16-12-18(25)5-6-20(16)31-15-21(28-29-31)24(33)7-3-10-30(11-8-24)22(32)13-17-14-27-23-19(17)4-2-9-26-23/h2,4-6,9,12,14-15,33H,3,7-8,10-11,13H2,1H3,(H,26,27). The molecule has 0 spiro atoms. The zero-order valence-corrected chi connectivity index (χ0v) is 19.9. The number of nitrogens with zero attached hydrogens (tertiary/aromatic N) is 5. The van der Waals surface area contributed by atoms with Crippen LogP contribution in [0.3, 0.4) is 0 Å². The van der Waals surface area contributed by atoms with Crippen molar-refractivity contribution >= 4 is 32.9 Å². The first kappa shape index (κ1) is 21.8. The molecule has 1 aromatic carbocycles. The van der Waals surface area contributed by atoms with Gasteiger partial charge in [0, 0.05) is 35.3 Å². The Labute approximate surface area is 199 Å². The summed E-state index contributed by atoms with van der Waals surface area (Å²) in [6.45, 7) is 3.09. The van der Waals surface area contributed by atoms with Crippen LogP contribution in [0.1, 0.15) is 36.1 Å². The third-order valence-electron chi connectivity index (χ3n) is 6.42. The number of hydrogen-bond acceptors (Lipinski definition) is 5. The lowest BCUT2D eigenvalue weighted by molar-refractivity contribution is -0.130. The van der Waals surface area contributed by atoms with Crippen molar-refractivity contribution in [3.8, 4) is 5.69 Å². The van der Waals surface area contributed by atoms with Gasteiger partial charge in [-0.2, -0.15) is 0 Å². The Morgan fingerprint density at radius 3 is 3.00 bits per heavy atom. The minimum absolute atomic E-state index is 0.0538. The number of hydrogen-bond donors (Lipinski definition) is 2. The van der Waals surface area contributed by atoms with Crippen molar-refractivity contribution in [1.29, 1.82) is 0 Å². The maximum atomic E-state index is 13.0. The van der Waals surface area contributed by atoms with Crippen molar-refractivity contribution in [1.82, 2.24) is 29.9 Å². The van der Waals surface area contributed by atoms with Gasteiger partial charge in [0.15, 0.2) is 0 Å². The molecule has 0 aliphatic carbocycles. The van der Waals surface area contributed by atoms with E-state index in [1.807, 2.05) is 48.4 Å². The average Bonchev–Trinajstić information content (AvgIpc) is 3.39. The molecule has 0 radical (unpaired) electrons. The molecule has 4 aromatic rings. The smallest absolute Gasteiger partial charge is 0.227 e. The number of halogens is 1. The predicted molar refractivity (Wildman–Crippen MR) is 128 cm³/mol. The van der Waals surface area contributed by atoms with Crippen LogP contribution < -0.4 is 0 Å². The number of amides is 1. The van der Waals surface area contributed by atoms with Crippen LogP contribution in [0.5, 0.6) is 0 Å². The lowest BCUT2D eigenvalue weighted by atomic mass is 9.92. The molecule has 0 bridgehead atoms. The molecule has 4 heterocycles. The number of nitrogens with one attached hydrogen (secondary N) is 1. The van der Waals surface area contributed by atoms with Gasteiger partial charge < -0.3 is 15.0 Å². The molecule has 3 aromatic heterocycles.